The Bertz CT molecular complexity index is 743. The number of halogens is 2. The Kier molecular flexibility index (Phi) is 4.24. The van der Waals surface area contributed by atoms with Crippen LogP contribution in [0.5, 0.6) is 0 Å². The van der Waals surface area contributed by atoms with Gasteiger partial charge in [0.2, 0.25) is 10.0 Å². The number of aryl methyl sites for hydroxylation is 1. The van der Waals surface area contributed by atoms with Gasteiger partial charge in [-0.3, -0.25) is 4.68 Å². The molecule has 0 radical (unpaired) electrons. The summed E-state index contributed by atoms with van der Waals surface area (Å²) in [6.07, 6.45) is 1.72. The van der Waals surface area contributed by atoms with E-state index in [1.54, 1.807) is 24.0 Å². The molecule has 2 rings (SSSR count). The molecule has 2 aromatic rings. The number of sulfonamides is 1. The van der Waals surface area contributed by atoms with E-state index in [9.17, 15) is 8.42 Å². The second-order valence-electron chi connectivity index (χ2n) is 4.08. The fourth-order valence-corrected chi connectivity index (χ4v) is 3.32. The largest absolute Gasteiger partial charge is 0.396 e. The van der Waals surface area contributed by atoms with Gasteiger partial charge in [0, 0.05) is 13.2 Å². The highest BCUT2D eigenvalue weighted by Crippen LogP contribution is 2.32. The van der Waals surface area contributed by atoms with Crippen LogP contribution in [0.4, 0.5) is 5.69 Å². The molecular weight excluding hydrogens is 323 g/mol. The molecule has 0 atom stereocenters. The van der Waals surface area contributed by atoms with Gasteiger partial charge in [-0.15, -0.1) is 0 Å². The van der Waals surface area contributed by atoms with Gasteiger partial charge in [0.25, 0.3) is 0 Å². The maximum absolute atomic E-state index is 12.2. The topological polar surface area (TPSA) is 90.0 Å². The van der Waals surface area contributed by atoms with Gasteiger partial charge in [-0.05, 0) is 18.2 Å². The van der Waals surface area contributed by atoms with Gasteiger partial charge in [-0.25, -0.2) is 13.1 Å². The van der Waals surface area contributed by atoms with Crippen molar-refractivity contribution in [3.05, 3.63) is 40.1 Å². The monoisotopic (exact) mass is 334 g/mol. The average molecular weight is 335 g/mol. The van der Waals surface area contributed by atoms with Crippen LogP contribution in [-0.2, 0) is 23.6 Å². The number of aromatic nitrogens is 2. The zero-order valence-corrected chi connectivity index (χ0v) is 12.8. The lowest BCUT2D eigenvalue weighted by molar-refractivity contribution is 0.579. The molecule has 0 bridgehead atoms. The fourth-order valence-electron chi connectivity index (χ4n) is 1.56. The van der Waals surface area contributed by atoms with E-state index in [-0.39, 0.29) is 27.2 Å². The molecule has 0 saturated heterocycles. The number of nitrogen functional groups attached to an aromatic ring is 1. The molecule has 0 spiro atoms. The van der Waals surface area contributed by atoms with E-state index in [2.05, 4.69) is 9.82 Å². The van der Waals surface area contributed by atoms with Crippen molar-refractivity contribution in [3.8, 4) is 0 Å². The molecule has 9 heteroatoms. The standard InChI is InChI=1S/C11H12Cl2N4O2S/c1-17-5-4-7(16-17)6-15-20(18,19)9-3-2-8(12)11(14)10(9)13/h2-5,15H,6,14H2,1H3. The van der Waals surface area contributed by atoms with E-state index in [0.29, 0.717) is 5.69 Å². The molecule has 0 unspecified atom stereocenters. The van der Waals surface area contributed by atoms with Crippen molar-refractivity contribution in [3.63, 3.8) is 0 Å². The van der Waals surface area contributed by atoms with Crippen molar-refractivity contribution in [1.82, 2.24) is 14.5 Å². The minimum Gasteiger partial charge on any atom is -0.396 e. The third-order valence-electron chi connectivity index (χ3n) is 2.59. The molecule has 1 heterocycles. The molecule has 20 heavy (non-hydrogen) atoms. The SMILES string of the molecule is Cn1ccc(CNS(=O)(=O)c2ccc(Cl)c(N)c2Cl)n1. The molecule has 0 amide bonds. The summed E-state index contributed by atoms with van der Waals surface area (Å²) in [6.45, 7) is 0.0576. The van der Waals surface area contributed by atoms with Gasteiger partial charge < -0.3 is 5.73 Å². The second kappa shape index (κ2) is 5.61. The summed E-state index contributed by atoms with van der Waals surface area (Å²) >= 11 is 11.7. The Morgan fingerprint density at radius 3 is 2.65 bits per heavy atom. The first-order chi connectivity index (χ1) is 9.31. The quantitative estimate of drug-likeness (QED) is 0.834. The first-order valence-electron chi connectivity index (χ1n) is 5.53. The van der Waals surface area contributed by atoms with Crippen molar-refractivity contribution < 1.29 is 8.42 Å². The van der Waals surface area contributed by atoms with Crippen molar-refractivity contribution in [2.75, 3.05) is 5.73 Å². The lowest BCUT2D eigenvalue weighted by Gasteiger charge is -2.09. The minimum atomic E-state index is -3.79. The third kappa shape index (κ3) is 3.06. The Morgan fingerprint density at radius 2 is 2.05 bits per heavy atom. The highest BCUT2D eigenvalue weighted by atomic mass is 35.5. The lowest BCUT2D eigenvalue weighted by atomic mass is 10.3. The van der Waals surface area contributed by atoms with Crippen LogP contribution in [0.15, 0.2) is 29.3 Å². The number of anilines is 1. The third-order valence-corrected chi connectivity index (χ3v) is 4.89. The van der Waals surface area contributed by atoms with Crippen LogP contribution in [0.25, 0.3) is 0 Å². The molecule has 0 aliphatic carbocycles. The second-order valence-corrected chi connectivity index (χ2v) is 6.60. The zero-order valence-electron chi connectivity index (χ0n) is 10.5. The van der Waals surface area contributed by atoms with Crippen LogP contribution in [0.3, 0.4) is 0 Å². The number of hydrogen-bond acceptors (Lipinski definition) is 4. The van der Waals surface area contributed by atoms with E-state index in [1.807, 2.05) is 0 Å². The molecule has 0 aliphatic heterocycles. The Morgan fingerprint density at radius 1 is 1.35 bits per heavy atom. The molecule has 3 N–H and O–H groups in total. The molecule has 6 nitrogen and oxygen atoms in total. The molecule has 0 aliphatic rings. The molecule has 1 aromatic heterocycles. The number of benzene rings is 1. The molecule has 1 aromatic carbocycles. The van der Waals surface area contributed by atoms with E-state index >= 15 is 0 Å². The van der Waals surface area contributed by atoms with E-state index in [0.717, 1.165) is 0 Å². The lowest BCUT2D eigenvalue weighted by Crippen LogP contribution is -2.24. The van der Waals surface area contributed by atoms with Gasteiger partial charge >= 0.3 is 0 Å². The maximum atomic E-state index is 12.2. The van der Waals surface area contributed by atoms with Crippen molar-refractivity contribution in [2.45, 2.75) is 11.4 Å². The minimum absolute atomic E-state index is 0.0362. The summed E-state index contributed by atoms with van der Waals surface area (Å²) in [7, 11) is -2.04. The fraction of sp³-hybridized carbons (Fsp3) is 0.182. The average Bonchev–Trinajstić information content (AvgIpc) is 2.79. The molecule has 108 valence electrons. The van der Waals surface area contributed by atoms with Gasteiger partial charge in [-0.1, -0.05) is 23.2 Å². The van der Waals surface area contributed by atoms with Crippen LogP contribution < -0.4 is 10.5 Å². The zero-order chi connectivity index (χ0) is 14.9. The van der Waals surface area contributed by atoms with Crippen LogP contribution in [0, 0.1) is 0 Å². The number of rotatable bonds is 4. The highest BCUT2D eigenvalue weighted by Gasteiger charge is 2.20. The highest BCUT2D eigenvalue weighted by molar-refractivity contribution is 7.89. The number of nitrogens with zero attached hydrogens (tertiary/aromatic N) is 2. The summed E-state index contributed by atoms with van der Waals surface area (Å²) < 4.78 is 28.3. The predicted octanol–water partition coefficient (Wildman–Crippen LogP) is 1.79. The van der Waals surface area contributed by atoms with Crippen molar-refractivity contribution in [2.24, 2.45) is 7.05 Å². The van der Waals surface area contributed by atoms with Crippen LogP contribution in [-0.4, -0.2) is 18.2 Å². The van der Waals surface area contributed by atoms with E-state index in [1.165, 1.54) is 12.1 Å². The van der Waals surface area contributed by atoms with Gasteiger partial charge in [0.1, 0.15) is 4.90 Å². The number of nitrogens with two attached hydrogens (primary N) is 1. The summed E-state index contributed by atoms with van der Waals surface area (Å²) in [5, 5.41) is 4.19. The van der Waals surface area contributed by atoms with Crippen molar-refractivity contribution >= 4 is 38.9 Å². The predicted molar refractivity (Wildman–Crippen MR) is 78.1 cm³/mol. The summed E-state index contributed by atoms with van der Waals surface area (Å²) in [5.41, 5.74) is 6.25. The number of nitrogens with one attached hydrogen (secondary N) is 1. The normalized spacial score (nSPS) is 11.8. The van der Waals surface area contributed by atoms with Gasteiger partial charge in [0.15, 0.2) is 0 Å². The first kappa shape index (κ1) is 15.1. The Balaban J connectivity index is 2.25. The van der Waals surface area contributed by atoms with Gasteiger partial charge in [-0.2, -0.15) is 5.10 Å². The summed E-state index contributed by atoms with van der Waals surface area (Å²) in [4.78, 5) is -0.114. The Hall–Kier alpha value is -1.28. The van der Waals surface area contributed by atoms with Crippen LogP contribution in [0.2, 0.25) is 10.0 Å². The summed E-state index contributed by atoms with van der Waals surface area (Å²) in [6, 6.07) is 4.40. The molecule has 0 saturated carbocycles. The molecule has 0 fully saturated rings. The Labute approximate surface area is 126 Å². The van der Waals surface area contributed by atoms with Crippen LogP contribution in [0.1, 0.15) is 5.69 Å². The smallest absolute Gasteiger partial charge is 0.242 e. The molecular formula is C11H12Cl2N4O2S. The van der Waals surface area contributed by atoms with Gasteiger partial charge in [0.05, 0.1) is 28.0 Å². The van der Waals surface area contributed by atoms with Crippen molar-refractivity contribution in [1.29, 1.82) is 0 Å². The first-order valence-corrected chi connectivity index (χ1v) is 7.77. The maximum Gasteiger partial charge on any atom is 0.242 e. The van der Waals surface area contributed by atoms with Crippen LogP contribution >= 0.6 is 23.2 Å². The summed E-state index contributed by atoms with van der Waals surface area (Å²) in [5.74, 6) is 0. The number of hydrogen-bond donors (Lipinski definition) is 2. The van der Waals surface area contributed by atoms with E-state index < -0.39 is 10.0 Å². The van der Waals surface area contributed by atoms with E-state index in [4.69, 9.17) is 28.9 Å².